The molecule has 0 amide bonds. The summed E-state index contributed by atoms with van der Waals surface area (Å²) >= 11 is 10.1. The second-order valence-corrected chi connectivity index (χ2v) is 6.74. The van der Waals surface area contributed by atoms with Crippen LogP contribution in [0.3, 0.4) is 0 Å². The molecule has 0 aliphatic heterocycles. The van der Waals surface area contributed by atoms with Crippen molar-refractivity contribution in [2.75, 3.05) is 14.2 Å². The molecule has 23 heavy (non-hydrogen) atoms. The summed E-state index contributed by atoms with van der Waals surface area (Å²) in [6, 6.07) is 7.48. The molecule has 5 heteroatoms. The van der Waals surface area contributed by atoms with Crippen LogP contribution in [-0.4, -0.2) is 20.5 Å². The summed E-state index contributed by atoms with van der Waals surface area (Å²) in [5, 5.41) is 0.484. The Morgan fingerprint density at radius 2 is 1.87 bits per heavy atom. The highest BCUT2D eigenvalue weighted by atomic mass is 79.9. The molecule has 0 atom stereocenters. The van der Waals surface area contributed by atoms with Crippen LogP contribution in [0.25, 0.3) is 11.1 Å². The molecule has 2 aromatic rings. The van der Waals surface area contributed by atoms with Gasteiger partial charge in [0, 0.05) is 15.6 Å². The van der Waals surface area contributed by atoms with E-state index in [-0.39, 0.29) is 0 Å². The number of rotatable bonds is 5. The van der Waals surface area contributed by atoms with Crippen molar-refractivity contribution in [3.8, 4) is 22.6 Å². The van der Waals surface area contributed by atoms with E-state index in [9.17, 15) is 4.79 Å². The summed E-state index contributed by atoms with van der Waals surface area (Å²) in [7, 11) is 3.20. The van der Waals surface area contributed by atoms with Crippen LogP contribution >= 0.6 is 27.5 Å². The highest BCUT2D eigenvalue weighted by Crippen LogP contribution is 2.51. The van der Waals surface area contributed by atoms with Crippen LogP contribution in [0.4, 0.5) is 0 Å². The van der Waals surface area contributed by atoms with E-state index in [2.05, 4.69) is 15.9 Å². The van der Waals surface area contributed by atoms with Crippen molar-refractivity contribution in [3.05, 3.63) is 44.9 Å². The van der Waals surface area contributed by atoms with Crippen molar-refractivity contribution < 1.29 is 14.3 Å². The van der Waals surface area contributed by atoms with E-state index < -0.39 is 0 Å². The van der Waals surface area contributed by atoms with Gasteiger partial charge < -0.3 is 9.47 Å². The Morgan fingerprint density at radius 3 is 2.43 bits per heavy atom. The summed E-state index contributed by atoms with van der Waals surface area (Å²) in [4.78, 5) is 11.3. The third-order valence-electron chi connectivity index (χ3n) is 4.07. The Balaban J connectivity index is 2.26. The molecule has 1 aliphatic rings. The minimum Gasteiger partial charge on any atom is -0.493 e. The van der Waals surface area contributed by atoms with Crippen LogP contribution in [0.2, 0.25) is 5.02 Å². The molecule has 0 radical (unpaired) electrons. The van der Waals surface area contributed by atoms with Gasteiger partial charge in [-0.3, -0.25) is 4.79 Å². The fraction of sp³-hybridized carbons (Fsp3) is 0.278. The van der Waals surface area contributed by atoms with Gasteiger partial charge in [-0.1, -0.05) is 33.6 Å². The maximum absolute atomic E-state index is 11.3. The summed E-state index contributed by atoms with van der Waals surface area (Å²) in [5.41, 5.74) is 3.45. The fourth-order valence-corrected chi connectivity index (χ4v) is 3.87. The number of carbonyl (C=O) groups excluding carboxylic acids is 1. The Labute approximate surface area is 148 Å². The third kappa shape index (κ3) is 2.98. The molecule has 1 fully saturated rings. The monoisotopic (exact) mass is 394 g/mol. The highest BCUT2D eigenvalue weighted by Gasteiger charge is 2.31. The molecule has 0 heterocycles. The summed E-state index contributed by atoms with van der Waals surface area (Å²) in [5.74, 6) is 1.77. The average molecular weight is 396 g/mol. The third-order valence-corrected chi connectivity index (χ3v) is 5.13. The van der Waals surface area contributed by atoms with Crippen LogP contribution in [0.15, 0.2) is 28.7 Å². The molecule has 0 unspecified atom stereocenters. The lowest BCUT2D eigenvalue weighted by atomic mass is 9.94. The van der Waals surface area contributed by atoms with E-state index >= 15 is 0 Å². The van der Waals surface area contributed by atoms with Crippen molar-refractivity contribution in [2.24, 2.45) is 0 Å². The molecule has 0 N–H and O–H groups in total. The number of benzene rings is 2. The van der Waals surface area contributed by atoms with Gasteiger partial charge in [-0.05, 0) is 48.1 Å². The Morgan fingerprint density at radius 1 is 1.17 bits per heavy atom. The van der Waals surface area contributed by atoms with Gasteiger partial charge in [0.25, 0.3) is 0 Å². The van der Waals surface area contributed by atoms with Gasteiger partial charge in [0.05, 0.1) is 19.2 Å². The van der Waals surface area contributed by atoms with E-state index in [1.165, 1.54) is 0 Å². The van der Waals surface area contributed by atoms with Gasteiger partial charge in [0.15, 0.2) is 17.8 Å². The van der Waals surface area contributed by atoms with Crippen LogP contribution < -0.4 is 9.47 Å². The fourth-order valence-electron chi connectivity index (χ4n) is 2.79. The SMILES string of the molecule is COc1ccc(-c2c(Cl)c(C=O)cc(Br)c2C2CC2)cc1OC. The predicted octanol–water partition coefficient (Wildman–Crippen LogP) is 5.48. The van der Waals surface area contributed by atoms with E-state index in [0.29, 0.717) is 28.0 Å². The van der Waals surface area contributed by atoms with Crippen molar-refractivity contribution in [1.29, 1.82) is 0 Å². The quantitative estimate of drug-likeness (QED) is 0.629. The first-order valence-electron chi connectivity index (χ1n) is 7.30. The summed E-state index contributed by atoms with van der Waals surface area (Å²) in [6.07, 6.45) is 3.05. The number of aldehydes is 1. The first kappa shape index (κ1) is 16.3. The molecule has 1 aliphatic carbocycles. The first-order valence-corrected chi connectivity index (χ1v) is 8.47. The van der Waals surface area contributed by atoms with E-state index in [1.54, 1.807) is 20.3 Å². The summed E-state index contributed by atoms with van der Waals surface area (Å²) < 4.78 is 11.6. The largest absolute Gasteiger partial charge is 0.493 e. The number of carbonyl (C=O) groups is 1. The number of halogens is 2. The molecular formula is C18H16BrClO3. The van der Waals surface area contributed by atoms with Crippen molar-refractivity contribution in [2.45, 2.75) is 18.8 Å². The lowest BCUT2D eigenvalue weighted by molar-refractivity contribution is 0.112. The van der Waals surface area contributed by atoms with Gasteiger partial charge in [0.2, 0.25) is 0 Å². The minimum absolute atomic E-state index is 0.477. The van der Waals surface area contributed by atoms with Crippen LogP contribution in [0, 0.1) is 0 Å². The van der Waals surface area contributed by atoms with Crippen molar-refractivity contribution in [1.82, 2.24) is 0 Å². The predicted molar refractivity (Wildman–Crippen MR) is 95.1 cm³/mol. The zero-order chi connectivity index (χ0) is 16.6. The number of hydrogen-bond acceptors (Lipinski definition) is 3. The zero-order valence-corrected chi connectivity index (χ0v) is 15.2. The maximum atomic E-state index is 11.3. The highest BCUT2D eigenvalue weighted by molar-refractivity contribution is 9.10. The van der Waals surface area contributed by atoms with E-state index in [1.807, 2.05) is 18.2 Å². The topological polar surface area (TPSA) is 35.5 Å². The minimum atomic E-state index is 0.477. The Hall–Kier alpha value is -1.52. The average Bonchev–Trinajstić information content (AvgIpc) is 3.40. The normalized spacial score (nSPS) is 13.7. The summed E-state index contributed by atoms with van der Waals surface area (Å²) in [6.45, 7) is 0. The second-order valence-electron chi connectivity index (χ2n) is 5.51. The van der Waals surface area contributed by atoms with Gasteiger partial charge in [-0.25, -0.2) is 0 Å². The number of hydrogen-bond donors (Lipinski definition) is 0. The van der Waals surface area contributed by atoms with Crippen LogP contribution in [-0.2, 0) is 0 Å². The lowest BCUT2D eigenvalue weighted by Gasteiger charge is -2.17. The lowest BCUT2D eigenvalue weighted by Crippen LogP contribution is -1.97. The van der Waals surface area contributed by atoms with Crippen LogP contribution in [0.1, 0.15) is 34.7 Å². The molecule has 1 saturated carbocycles. The number of methoxy groups -OCH3 is 2. The molecule has 0 saturated heterocycles. The molecule has 3 rings (SSSR count). The zero-order valence-electron chi connectivity index (χ0n) is 12.9. The first-order chi connectivity index (χ1) is 11.1. The maximum Gasteiger partial charge on any atom is 0.161 e. The Bertz CT molecular complexity index is 769. The molecular weight excluding hydrogens is 380 g/mol. The molecule has 0 bridgehead atoms. The van der Waals surface area contributed by atoms with Gasteiger partial charge in [-0.2, -0.15) is 0 Å². The molecule has 0 aromatic heterocycles. The van der Waals surface area contributed by atoms with Crippen molar-refractivity contribution in [3.63, 3.8) is 0 Å². The van der Waals surface area contributed by atoms with E-state index in [4.69, 9.17) is 21.1 Å². The Kier molecular flexibility index (Phi) is 4.64. The van der Waals surface area contributed by atoms with Gasteiger partial charge in [0.1, 0.15) is 0 Å². The van der Waals surface area contributed by atoms with E-state index in [0.717, 1.165) is 40.3 Å². The molecule has 120 valence electrons. The van der Waals surface area contributed by atoms with Gasteiger partial charge >= 0.3 is 0 Å². The molecule has 0 spiro atoms. The second kappa shape index (κ2) is 6.54. The van der Waals surface area contributed by atoms with Crippen molar-refractivity contribution >= 4 is 33.8 Å². The van der Waals surface area contributed by atoms with Crippen LogP contribution in [0.5, 0.6) is 11.5 Å². The van der Waals surface area contributed by atoms with Gasteiger partial charge in [-0.15, -0.1) is 0 Å². The standard InChI is InChI=1S/C18H16BrClO3/c1-22-14-6-5-11(8-15(14)23-2)17-16(10-3-4-10)13(19)7-12(9-21)18(17)20/h5-10H,3-4H2,1-2H3. The smallest absolute Gasteiger partial charge is 0.161 e. The molecule has 3 nitrogen and oxygen atoms in total. The number of ether oxygens (including phenoxy) is 2. The molecule has 2 aromatic carbocycles.